The predicted molar refractivity (Wildman–Crippen MR) is 70.8 cm³/mol. The van der Waals surface area contributed by atoms with E-state index in [1.807, 2.05) is 0 Å². The molecular weight excluding hydrogens is 325 g/mol. The molecular formula is C11H11BrClNO4. The van der Waals surface area contributed by atoms with Crippen LogP contribution in [0.15, 0.2) is 22.7 Å². The first-order valence-electron chi connectivity index (χ1n) is 5.19. The van der Waals surface area contributed by atoms with Crippen molar-refractivity contribution in [2.75, 3.05) is 6.61 Å². The molecule has 0 saturated carbocycles. The predicted octanol–water partition coefficient (Wildman–Crippen LogP) is 3.07. The van der Waals surface area contributed by atoms with Crippen LogP contribution >= 0.6 is 27.5 Å². The number of benzene rings is 1. The van der Waals surface area contributed by atoms with Crippen LogP contribution in [0.3, 0.4) is 0 Å². The van der Waals surface area contributed by atoms with Gasteiger partial charge in [0.25, 0.3) is 5.69 Å². The van der Waals surface area contributed by atoms with E-state index in [0.29, 0.717) is 4.47 Å². The Labute approximate surface area is 117 Å². The van der Waals surface area contributed by atoms with E-state index in [2.05, 4.69) is 15.9 Å². The summed E-state index contributed by atoms with van der Waals surface area (Å²) in [6.07, 6.45) is 0.261. The summed E-state index contributed by atoms with van der Waals surface area (Å²) in [5.41, 5.74) is 0.696. The van der Waals surface area contributed by atoms with Gasteiger partial charge in [0.15, 0.2) is 0 Å². The average molecular weight is 337 g/mol. The maximum Gasteiger partial charge on any atom is 0.324 e. The molecule has 0 heterocycles. The van der Waals surface area contributed by atoms with Crippen LogP contribution in [-0.2, 0) is 16.0 Å². The highest BCUT2D eigenvalue weighted by atomic mass is 79.9. The molecule has 0 saturated heterocycles. The van der Waals surface area contributed by atoms with Crippen LogP contribution in [0.25, 0.3) is 0 Å². The summed E-state index contributed by atoms with van der Waals surface area (Å²) in [6.45, 7) is 1.97. The summed E-state index contributed by atoms with van der Waals surface area (Å²) in [6, 6.07) is 4.51. The second-order valence-electron chi connectivity index (χ2n) is 3.47. The normalized spacial score (nSPS) is 11.9. The summed E-state index contributed by atoms with van der Waals surface area (Å²) < 4.78 is 5.14. The monoisotopic (exact) mass is 335 g/mol. The fourth-order valence-electron chi connectivity index (χ4n) is 1.35. The van der Waals surface area contributed by atoms with Crippen molar-refractivity contribution in [1.82, 2.24) is 0 Å². The molecule has 1 aromatic carbocycles. The molecule has 7 heteroatoms. The molecule has 0 spiro atoms. The van der Waals surface area contributed by atoms with Gasteiger partial charge in [0.2, 0.25) is 0 Å². The Morgan fingerprint density at radius 3 is 2.78 bits per heavy atom. The molecule has 18 heavy (non-hydrogen) atoms. The van der Waals surface area contributed by atoms with Gasteiger partial charge in [0.1, 0.15) is 5.38 Å². The molecule has 0 aromatic heterocycles. The lowest BCUT2D eigenvalue weighted by molar-refractivity contribution is -0.385. The van der Waals surface area contributed by atoms with E-state index in [1.165, 1.54) is 6.07 Å². The Morgan fingerprint density at radius 1 is 1.61 bits per heavy atom. The number of esters is 1. The fraction of sp³-hybridized carbons (Fsp3) is 0.364. The number of ether oxygens (including phenoxy) is 1. The van der Waals surface area contributed by atoms with Crippen molar-refractivity contribution < 1.29 is 14.5 Å². The molecule has 98 valence electrons. The largest absolute Gasteiger partial charge is 0.465 e. The number of hydrogen-bond acceptors (Lipinski definition) is 4. The van der Waals surface area contributed by atoms with Crippen LogP contribution in [0.5, 0.6) is 0 Å². The molecule has 0 aliphatic rings. The lowest BCUT2D eigenvalue weighted by atomic mass is 10.1. The number of nitro groups is 1. The van der Waals surface area contributed by atoms with Crippen LogP contribution in [0.4, 0.5) is 5.69 Å². The lowest BCUT2D eigenvalue weighted by Crippen LogP contribution is -2.20. The highest BCUT2D eigenvalue weighted by molar-refractivity contribution is 9.10. The number of hydrogen-bond donors (Lipinski definition) is 0. The fourth-order valence-corrected chi connectivity index (χ4v) is 2.16. The van der Waals surface area contributed by atoms with Crippen molar-refractivity contribution in [2.45, 2.75) is 18.7 Å². The summed E-state index contributed by atoms with van der Waals surface area (Å²) >= 11 is 8.98. The number of nitro benzene ring substituents is 1. The van der Waals surface area contributed by atoms with Gasteiger partial charge in [-0.15, -0.1) is 11.6 Å². The molecule has 0 N–H and O–H groups in total. The zero-order valence-electron chi connectivity index (χ0n) is 9.56. The third-order valence-electron chi connectivity index (χ3n) is 2.17. The molecule has 1 aromatic rings. The number of carbonyl (C=O) groups excluding carboxylic acids is 1. The first-order chi connectivity index (χ1) is 8.45. The van der Waals surface area contributed by atoms with Crippen molar-refractivity contribution in [2.24, 2.45) is 0 Å². The van der Waals surface area contributed by atoms with Gasteiger partial charge in [0.05, 0.1) is 16.0 Å². The Morgan fingerprint density at radius 2 is 2.28 bits per heavy atom. The van der Waals surface area contributed by atoms with E-state index in [1.54, 1.807) is 19.1 Å². The molecule has 0 radical (unpaired) electrons. The highest BCUT2D eigenvalue weighted by Gasteiger charge is 2.19. The number of rotatable bonds is 5. The lowest BCUT2D eigenvalue weighted by Gasteiger charge is -2.08. The van der Waals surface area contributed by atoms with E-state index < -0.39 is 16.3 Å². The number of alkyl halides is 1. The van der Waals surface area contributed by atoms with Crippen LogP contribution < -0.4 is 0 Å². The summed E-state index contributed by atoms with van der Waals surface area (Å²) in [5.74, 6) is -0.492. The van der Waals surface area contributed by atoms with Gasteiger partial charge in [-0.2, -0.15) is 0 Å². The Kier molecular flexibility index (Phi) is 5.55. The van der Waals surface area contributed by atoms with Gasteiger partial charge in [-0.25, -0.2) is 0 Å². The summed E-state index contributed by atoms with van der Waals surface area (Å²) in [5, 5.41) is 9.83. The quantitative estimate of drug-likeness (QED) is 0.358. The second kappa shape index (κ2) is 6.70. The number of carbonyl (C=O) groups is 1. The molecule has 1 unspecified atom stereocenters. The smallest absolute Gasteiger partial charge is 0.324 e. The molecule has 0 aliphatic carbocycles. The minimum Gasteiger partial charge on any atom is -0.465 e. The molecule has 0 fully saturated rings. The molecule has 1 atom stereocenters. The first kappa shape index (κ1) is 14.9. The van der Waals surface area contributed by atoms with E-state index in [-0.39, 0.29) is 18.7 Å². The average Bonchev–Trinajstić information content (AvgIpc) is 2.28. The number of halogens is 2. The molecule has 5 nitrogen and oxygen atoms in total. The highest BCUT2D eigenvalue weighted by Crippen LogP contribution is 2.26. The Bertz CT molecular complexity index is 466. The third kappa shape index (κ3) is 3.96. The van der Waals surface area contributed by atoms with Crippen molar-refractivity contribution >= 4 is 39.2 Å². The zero-order chi connectivity index (χ0) is 13.7. The molecule has 0 bridgehead atoms. The molecule has 0 amide bonds. The van der Waals surface area contributed by atoms with Crippen LogP contribution in [-0.4, -0.2) is 22.9 Å². The SMILES string of the molecule is CCOC(=O)C(Cl)Cc1ccc([N+](=O)[O-])c(Br)c1. The van der Waals surface area contributed by atoms with E-state index in [4.69, 9.17) is 16.3 Å². The standard InChI is InChI=1S/C11H11BrClNO4/c1-2-18-11(15)9(13)6-7-3-4-10(14(16)17)8(12)5-7/h3-5,9H,2,6H2,1H3. The van der Waals surface area contributed by atoms with Crippen molar-refractivity contribution in [3.05, 3.63) is 38.3 Å². The Balaban J connectivity index is 2.77. The Hall–Kier alpha value is -1.14. The van der Waals surface area contributed by atoms with Crippen molar-refractivity contribution in [3.8, 4) is 0 Å². The zero-order valence-corrected chi connectivity index (χ0v) is 11.9. The first-order valence-corrected chi connectivity index (χ1v) is 6.42. The van der Waals surface area contributed by atoms with Crippen LogP contribution in [0.2, 0.25) is 0 Å². The number of nitrogens with zero attached hydrogens (tertiary/aromatic N) is 1. The van der Waals surface area contributed by atoms with E-state index in [0.717, 1.165) is 5.56 Å². The maximum absolute atomic E-state index is 11.3. The third-order valence-corrected chi connectivity index (χ3v) is 3.13. The minimum absolute atomic E-state index is 0.0268. The topological polar surface area (TPSA) is 69.4 Å². The molecule has 0 aliphatic heterocycles. The van der Waals surface area contributed by atoms with E-state index in [9.17, 15) is 14.9 Å². The van der Waals surface area contributed by atoms with Gasteiger partial charge in [-0.05, 0) is 40.9 Å². The van der Waals surface area contributed by atoms with Gasteiger partial charge in [-0.1, -0.05) is 6.07 Å². The van der Waals surface area contributed by atoms with E-state index >= 15 is 0 Å². The minimum atomic E-state index is -0.793. The summed E-state index contributed by atoms with van der Waals surface area (Å²) in [4.78, 5) is 21.5. The maximum atomic E-state index is 11.3. The van der Waals surface area contributed by atoms with Gasteiger partial charge < -0.3 is 4.74 Å². The van der Waals surface area contributed by atoms with Gasteiger partial charge >= 0.3 is 5.97 Å². The van der Waals surface area contributed by atoms with Crippen LogP contribution in [0.1, 0.15) is 12.5 Å². The van der Waals surface area contributed by atoms with Crippen LogP contribution in [0, 0.1) is 10.1 Å². The van der Waals surface area contributed by atoms with Crippen molar-refractivity contribution in [1.29, 1.82) is 0 Å². The summed E-state index contributed by atoms with van der Waals surface area (Å²) in [7, 11) is 0. The van der Waals surface area contributed by atoms with Crippen molar-refractivity contribution in [3.63, 3.8) is 0 Å². The molecule has 1 rings (SSSR count). The van der Waals surface area contributed by atoms with Gasteiger partial charge in [-0.3, -0.25) is 14.9 Å². The second-order valence-corrected chi connectivity index (χ2v) is 4.85. The van der Waals surface area contributed by atoms with Gasteiger partial charge in [0, 0.05) is 6.07 Å².